The van der Waals surface area contributed by atoms with Gasteiger partial charge in [0.1, 0.15) is 0 Å². The number of nitrogens with zero attached hydrogens (tertiary/aromatic N) is 1. The summed E-state index contributed by atoms with van der Waals surface area (Å²) >= 11 is 9.29. The second-order valence-electron chi connectivity index (χ2n) is 4.05. The number of para-hydroxylation sites is 1. The Balaban J connectivity index is 1.95. The van der Waals surface area contributed by atoms with Crippen molar-refractivity contribution < 1.29 is 0 Å². The number of benzene rings is 1. The summed E-state index contributed by atoms with van der Waals surface area (Å²) in [7, 11) is 0. The van der Waals surface area contributed by atoms with Crippen molar-refractivity contribution in [3.8, 4) is 0 Å². The second-order valence-corrected chi connectivity index (χ2v) is 6.56. The molecule has 98 valence electrons. The van der Waals surface area contributed by atoms with Crippen LogP contribution in [0, 0.1) is 0 Å². The van der Waals surface area contributed by atoms with Crippen LogP contribution in [0.2, 0.25) is 0 Å². The van der Waals surface area contributed by atoms with Gasteiger partial charge < -0.3 is 10.2 Å². The highest BCUT2D eigenvalue weighted by atomic mass is 32.2. The first kappa shape index (κ1) is 14.0. The molecule has 0 spiro atoms. The Bertz CT molecular complexity index is 409. The van der Waals surface area contributed by atoms with E-state index in [-0.39, 0.29) is 0 Å². The molecule has 0 amide bonds. The Morgan fingerprint density at radius 1 is 1.50 bits per heavy atom. The van der Waals surface area contributed by atoms with E-state index in [1.807, 2.05) is 23.5 Å². The SMILES string of the molecule is CSCCCNC(=S)N1CCSc2ccccc21. The Hall–Kier alpha value is -0.390. The van der Waals surface area contributed by atoms with Gasteiger partial charge in [0.05, 0.1) is 5.69 Å². The normalized spacial score (nSPS) is 14.2. The molecule has 0 atom stereocenters. The monoisotopic (exact) mass is 298 g/mol. The summed E-state index contributed by atoms with van der Waals surface area (Å²) in [4.78, 5) is 3.55. The maximum atomic E-state index is 5.50. The lowest BCUT2D eigenvalue weighted by molar-refractivity contribution is 0.834. The standard InChI is InChI=1S/C13H18N2S3/c1-17-9-4-7-14-13(16)15-8-10-18-12-6-3-2-5-11(12)15/h2-3,5-6H,4,7-10H2,1H3,(H,14,16). The molecule has 0 radical (unpaired) electrons. The maximum Gasteiger partial charge on any atom is 0.173 e. The smallest absolute Gasteiger partial charge is 0.173 e. The predicted octanol–water partition coefficient (Wildman–Crippen LogP) is 3.23. The predicted molar refractivity (Wildman–Crippen MR) is 88.1 cm³/mol. The lowest BCUT2D eigenvalue weighted by Crippen LogP contribution is -2.43. The van der Waals surface area contributed by atoms with Crippen LogP contribution in [-0.4, -0.2) is 36.0 Å². The average Bonchev–Trinajstić information content (AvgIpc) is 2.43. The summed E-state index contributed by atoms with van der Waals surface area (Å²) in [6.45, 7) is 1.96. The van der Waals surface area contributed by atoms with Gasteiger partial charge >= 0.3 is 0 Å². The zero-order chi connectivity index (χ0) is 12.8. The fourth-order valence-electron chi connectivity index (χ4n) is 1.89. The van der Waals surface area contributed by atoms with Gasteiger partial charge in [0.15, 0.2) is 5.11 Å². The van der Waals surface area contributed by atoms with Crippen molar-refractivity contribution in [3.63, 3.8) is 0 Å². The molecule has 0 aromatic heterocycles. The number of hydrogen-bond donors (Lipinski definition) is 1. The van der Waals surface area contributed by atoms with Gasteiger partial charge in [-0.2, -0.15) is 11.8 Å². The van der Waals surface area contributed by atoms with Crippen molar-refractivity contribution in [3.05, 3.63) is 24.3 Å². The average molecular weight is 299 g/mol. The number of nitrogens with one attached hydrogen (secondary N) is 1. The molecule has 1 aliphatic heterocycles. The van der Waals surface area contributed by atoms with Gasteiger partial charge in [-0.15, -0.1) is 11.8 Å². The van der Waals surface area contributed by atoms with Gasteiger partial charge in [0.2, 0.25) is 0 Å². The zero-order valence-corrected chi connectivity index (χ0v) is 13.0. The quantitative estimate of drug-likeness (QED) is 0.676. The molecule has 18 heavy (non-hydrogen) atoms. The van der Waals surface area contributed by atoms with Crippen molar-refractivity contribution in [2.45, 2.75) is 11.3 Å². The van der Waals surface area contributed by atoms with Gasteiger partial charge in [0.25, 0.3) is 0 Å². The minimum Gasteiger partial charge on any atom is -0.362 e. The van der Waals surface area contributed by atoms with Crippen LogP contribution in [0.4, 0.5) is 5.69 Å². The maximum absolute atomic E-state index is 5.50. The van der Waals surface area contributed by atoms with Crippen LogP contribution in [-0.2, 0) is 0 Å². The zero-order valence-electron chi connectivity index (χ0n) is 10.5. The number of rotatable bonds is 4. The van der Waals surface area contributed by atoms with Crippen molar-refractivity contribution in [2.75, 3.05) is 35.8 Å². The molecular weight excluding hydrogens is 280 g/mol. The van der Waals surface area contributed by atoms with Crippen molar-refractivity contribution >= 4 is 46.5 Å². The van der Waals surface area contributed by atoms with E-state index in [4.69, 9.17) is 12.2 Å². The van der Waals surface area contributed by atoms with Crippen LogP contribution in [0.25, 0.3) is 0 Å². The van der Waals surface area contributed by atoms with E-state index in [1.54, 1.807) is 0 Å². The van der Waals surface area contributed by atoms with E-state index < -0.39 is 0 Å². The molecule has 2 nitrogen and oxygen atoms in total. The third-order valence-electron chi connectivity index (χ3n) is 2.78. The Morgan fingerprint density at radius 3 is 3.17 bits per heavy atom. The number of anilines is 1. The highest BCUT2D eigenvalue weighted by Crippen LogP contribution is 2.34. The summed E-state index contributed by atoms with van der Waals surface area (Å²) in [6.07, 6.45) is 3.29. The second kappa shape index (κ2) is 7.26. The van der Waals surface area contributed by atoms with E-state index >= 15 is 0 Å². The molecule has 0 saturated carbocycles. The minimum absolute atomic E-state index is 0.865. The van der Waals surface area contributed by atoms with Crippen LogP contribution in [0.3, 0.4) is 0 Å². The van der Waals surface area contributed by atoms with Gasteiger partial charge in [-0.3, -0.25) is 0 Å². The van der Waals surface area contributed by atoms with Gasteiger partial charge in [-0.25, -0.2) is 0 Å². The van der Waals surface area contributed by atoms with Gasteiger partial charge in [0, 0.05) is 23.7 Å². The van der Waals surface area contributed by atoms with Gasteiger partial charge in [-0.1, -0.05) is 12.1 Å². The highest BCUT2D eigenvalue weighted by Gasteiger charge is 2.19. The molecule has 1 aromatic carbocycles. The van der Waals surface area contributed by atoms with Crippen molar-refractivity contribution in [2.24, 2.45) is 0 Å². The molecule has 1 aliphatic rings. The molecule has 2 rings (SSSR count). The Labute approximate surface area is 123 Å². The Kier molecular flexibility index (Phi) is 5.66. The topological polar surface area (TPSA) is 15.3 Å². The molecule has 0 unspecified atom stereocenters. The van der Waals surface area contributed by atoms with Crippen LogP contribution >= 0.6 is 35.7 Å². The lowest BCUT2D eigenvalue weighted by Gasteiger charge is -2.31. The minimum atomic E-state index is 0.865. The third kappa shape index (κ3) is 3.56. The summed E-state index contributed by atoms with van der Waals surface area (Å²) in [5.41, 5.74) is 1.25. The fraction of sp³-hybridized carbons (Fsp3) is 0.462. The van der Waals surface area contributed by atoms with Gasteiger partial charge in [-0.05, 0) is 42.8 Å². The molecule has 1 N–H and O–H groups in total. The molecule has 1 aromatic rings. The third-order valence-corrected chi connectivity index (χ3v) is 4.88. The Morgan fingerprint density at radius 2 is 2.33 bits per heavy atom. The fourth-order valence-corrected chi connectivity index (χ4v) is 3.61. The van der Waals surface area contributed by atoms with Crippen LogP contribution < -0.4 is 10.2 Å². The number of hydrogen-bond acceptors (Lipinski definition) is 3. The first-order valence-corrected chi connectivity index (χ1v) is 8.88. The molecule has 0 saturated heterocycles. The molecule has 1 heterocycles. The molecule has 0 aliphatic carbocycles. The molecule has 5 heteroatoms. The van der Waals surface area contributed by atoms with Crippen LogP contribution in [0.1, 0.15) is 6.42 Å². The van der Waals surface area contributed by atoms with E-state index in [9.17, 15) is 0 Å². The highest BCUT2D eigenvalue weighted by molar-refractivity contribution is 7.99. The molecule has 0 bridgehead atoms. The molecular formula is C13H18N2S3. The van der Waals surface area contributed by atoms with Crippen molar-refractivity contribution in [1.29, 1.82) is 0 Å². The van der Waals surface area contributed by atoms with E-state index in [0.29, 0.717) is 0 Å². The number of fused-ring (bicyclic) bond motifs is 1. The summed E-state index contributed by atoms with van der Waals surface area (Å²) in [5, 5.41) is 4.23. The first-order valence-electron chi connectivity index (χ1n) is 6.09. The first-order chi connectivity index (χ1) is 8.83. The van der Waals surface area contributed by atoms with E-state index in [1.165, 1.54) is 16.3 Å². The number of thioether (sulfide) groups is 2. The summed E-state index contributed by atoms with van der Waals surface area (Å²) in [5.74, 6) is 2.28. The number of thiocarbonyl (C=S) groups is 1. The van der Waals surface area contributed by atoms with E-state index in [2.05, 4.69) is 40.7 Å². The molecule has 0 fully saturated rings. The summed E-state index contributed by atoms with van der Waals surface area (Å²) < 4.78 is 0. The van der Waals surface area contributed by atoms with Crippen molar-refractivity contribution in [1.82, 2.24) is 5.32 Å². The van der Waals surface area contributed by atoms with E-state index in [0.717, 1.165) is 30.4 Å². The lowest BCUT2D eigenvalue weighted by atomic mass is 10.3. The largest absolute Gasteiger partial charge is 0.362 e. The van der Waals surface area contributed by atoms with Crippen LogP contribution in [0.15, 0.2) is 29.2 Å². The van der Waals surface area contributed by atoms with Crippen LogP contribution in [0.5, 0.6) is 0 Å². The summed E-state index contributed by atoms with van der Waals surface area (Å²) in [6, 6.07) is 8.48.